The second-order valence-corrected chi connectivity index (χ2v) is 18.1. The van der Waals surface area contributed by atoms with Crippen LogP contribution in [0.5, 0.6) is 0 Å². The molecule has 3 rings (SSSR count). The first-order valence-corrected chi connectivity index (χ1v) is 21.8. The minimum Gasteiger partial charge on any atom is -0.481 e. The summed E-state index contributed by atoms with van der Waals surface area (Å²) in [5, 5.41) is 43.7. The largest absolute Gasteiger partial charge is 0.481 e. The van der Waals surface area contributed by atoms with Gasteiger partial charge in [-0.05, 0) is 0 Å². The van der Waals surface area contributed by atoms with Crippen molar-refractivity contribution in [3.05, 3.63) is 12.7 Å². The number of fused-ring (bicyclic) bond motifs is 1. The van der Waals surface area contributed by atoms with E-state index in [1.54, 1.807) is 0 Å². The van der Waals surface area contributed by atoms with Gasteiger partial charge >= 0.3 is 29.4 Å². The highest BCUT2D eigenvalue weighted by atomic mass is 32.2. The van der Waals surface area contributed by atoms with Crippen LogP contribution in [0.2, 0.25) is 0 Å². The number of amides is 2. The first kappa shape index (κ1) is 48.4. The Morgan fingerprint density at radius 2 is 1.68 bits per heavy atom. The Balaban J connectivity index is 1.47. The maximum atomic E-state index is 12.7. The number of hydrogen-bond acceptors (Lipinski definition) is 20. The van der Waals surface area contributed by atoms with Gasteiger partial charge in [0.1, 0.15) is 36.3 Å². The van der Waals surface area contributed by atoms with Gasteiger partial charge in [-0.25, -0.2) is 28.6 Å². The molecule has 0 bridgehead atoms. The number of hydrogen-bond donors (Lipinski definition) is 11. The van der Waals surface area contributed by atoms with E-state index in [1.807, 2.05) is 0 Å². The van der Waals surface area contributed by atoms with Crippen molar-refractivity contribution in [2.45, 2.75) is 69.9 Å². The molecule has 57 heavy (non-hydrogen) atoms. The fourth-order valence-electron chi connectivity index (χ4n) is 4.82. The van der Waals surface area contributed by atoms with Gasteiger partial charge in [0.2, 0.25) is 11.8 Å². The van der Waals surface area contributed by atoms with Crippen molar-refractivity contribution in [3.63, 3.8) is 0 Å². The number of aliphatic hydroxyl groups is 3. The summed E-state index contributed by atoms with van der Waals surface area (Å²) in [7, 11) is -16.5. The predicted octanol–water partition coefficient (Wildman–Crippen LogP) is -2.11. The number of aromatic nitrogens is 4. The Labute approximate surface area is 326 Å². The summed E-state index contributed by atoms with van der Waals surface area (Å²) < 4.78 is 61.9. The van der Waals surface area contributed by atoms with Crippen LogP contribution >= 0.6 is 35.2 Å². The number of nitrogens with one attached hydrogen (secondary N) is 2. The Bertz CT molecular complexity index is 1900. The van der Waals surface area contributed by atoms with E-state index < -0.39 is 108 Å². The summed E-state index contributed by atoms with van der Waals surface area (Å²) in [6, 6.07) is 0. The number of carboxylic acids is 1. The monoisotopic (exact) mass is 897 g/mol. The summed E-state index contributed by atoms with van der Waals surface area (Å²) in [5.41, 5.74) is 4.17. The van der Waals surface area contributed by atoms with Gasteiger partial charge in [-0.15, -0.1) is 0 Å². The van der Waals surface area contributed by atoms with Crippen molar-refractivity contribution >= 4 is 75.1 Å². The number of nitrogens with zero attached hydrogens (tertiary/aromatic N) is 4. The molecule has 2 amide bonds. The van der Waals surface area contributed by atoms with E-state index in [0.717, 1.165) is 29.0 Å². The maximum absolute atomic E-state index is 12.7. The molecule has 4 unspecified atom stereocenters. The van der Waals surface area contributed by atoms with Crippen molar-refractivity contribution in [1.29, 1.82) is 0 Å². The number of thioether (sulfide) groups is 1. The smallest absolute Gasteiger partial charge is 0.481 e. The van der Waals surface area contributed by atoms with Gasteiger partial charge in [0, 0.05) is 37.1 Å². The normalized spacial score (nSPS) is 22.0. The third-order valence-corrected chi connectivity index (χ3v) is 11.6. The number of nitrogens with two attached hydrogens (primary N) is 1. The average molecular weight is 898 g/mol. The lowest BCUT2D eigenvalue weighted by molar-refractivity contribution is -0.139. The van der Waals surface area contributed by atoms with Crippen LogP contribution in [0.1, 0.15) is 39.3 Å². The van der Waals surface area contributed by atoms with Crippen LogP contribution in [0, 0.1) is 5.41 Å². The number of carbonyl (C=O) groups is 4. The van der Waals surface area contributed by atoms with Gasteiger partial charge in [0.25, 0.3) is 0 Å². The fraction of sp³-hybridized carbons (Fsp3) is 0.654. The van der Waals surface area contributed by atoms with Crippen LogP contribution in [-0.2, 0) is 55.5 Å². The van der Waals surface area contributed by atoms with Crippen LogP contribution in [0.25, 0.3) is 11.2 Å². The minimum absolute atomic E-state index is 0.0151. The van der Waals surface area contributed by atoms with Gasteiger partial charge in [-0.1, -0.05) is 25.6 Å². The summed E-state index contributed by atoms with van der Waals surface area (Å²) in [6.07, 6.45) is -9.48. The van der Waals surface area contributed by atoms with E-state index >= 15 is 0 Å². The Morgan fingerprint density at radius 1 is 1.02 bits per heavy atom. The number of phosphoric ester groups is 3. The van der Waals surface area contributed by atoms with E-state index in [2.05, 4.69) is 34.4 Å². The number of aliphatic carboxylic acids is 1. The number of aliphatic hydroxyl groups excluding tert-OH is 3. The van der Waals surface area contributed by atoms with Crippen LogP contribution in [-0.4, -0.2) is 145 Å². The van der Waals surface area contributed by atoms with Crippen LogP contribution in [0.3, 0.4) is 0 Å². The molecule has 12 N–H and O–H groups in total. The molecule has 0 radical (unpaired) electrons. The minimum atomic E-state index is -5.60. The number of rotatable bonds is 23. The molecule has 0 aliphatic carbocycles. The molecule has 31 heteroatoms. The third-order valence-electron chi connectivity index (χ3n) is 7.58. The second-order valence-electron chi connectivity index (χ2n) is 12.7. The molecule has 8 atom stereocenters. The Morgan fingerprint density at radius 3 is 2.33 bits per heavy atom. The topological polar surface area (TPSA) is 421 Å². The molecule has 27 nitrogen and oxygen atoms in total. The highest BCUT2D eigenvalue weighted by molar-refractivity contribution is 8.13. The first-order chi connectivity index (χ1) is 26.3. The van der Waals surface area contributed by atoms with Gasteiger partial charge in [0.05, 0.1) is 32.1 Å². The lowest BCUT2D eigenvalue weighted by Gasteiger charge is -2.30. The van der Waals surface area contributed by atoms with Crippen molar-refractivity contribution in [2.75, 3.05) is 37.8 Å². The summed E-state index contributed by atoms with van der Waals surface area (Å²) >= 11 is 0.773. The van der Waals surface area contributed by atoms with E-state index in [-0.39, 0.29) is 48.7 Å². The molecule has 1 fully saturated rings. The number of carboxylic acid groups (broad SMARTS) is 1. The molecule has 1 saturated heterocycles. The van der Waals surface area contributed by atoms with E-state index in [0.29, 0.717) is 0 Å². The molecule has 1 aliphatic rings. The van der Waals surface area contributed by atoms with Gasteiger partial charge in [-0.3, -0.25) is 37.3 Å². The number of anilines is 1. The molecule has 2 aromatic heterocycles. The average Bonchev–Trinajstić information content (AvgIpc) is 3.64. The van der Waals surface area contributed by atoms with Gasteiger partial charge < -0.3 is 61.1 Å². The number of carbonyl (C=O) groups excluding carboxylic acids is 3. The summed E-state index contributed by atoms with van der Waals surface area (Å²) in [4.78, 5) is 97.7. The number of nitrogen functional groups attached to an aromatic ring is 1. The highest BCUT2D eigenvalue weighted by Gasteiger charge is 2.50. The standard InChI is InChI=1S/C26H42N7O20P3S/c1-26(2,21(40)24(41)29-4-3-15(35)28-5-6-57-17(38)8-13(34)7-16(36)37)10-50-56(47,48)53-55(45,46)49-9-14-20(52-54(42,43)44)19(39)25(51-14)33-12-32-18-22(27)30-11-31-23(18)33/h11-14,19-21,25,34,39-40H,3-10H2,1-2H3,(H,28,35)(H,29,41)(H,36,37)(H,45,46)(H,47,48)(H2,27,30,31)(H2,42,43,44)/t13?,14-,19-,20-,21?,25-/m1/s1. The number of phosphoric acid groups is 3. The zero-order valence-electron chi connectivity index (χ0n) is 29.9. The quantitative estimate of drug-likeness (QED) is 0.0420. The van der Waals surface area contributed by atoms with Crippen molar-refractivity contribution in [1.82, 2.24) is 30.2 Å². The molecule has 0 spiro atoms. The molecule has 1 aliphatic heterocycles. The highest BCUT2D eigenvalue weighted by Crippen LogP contribution is 2.61. The molecule has 2 aromatic rings. The Kier molecular flexibility index (Phi) is 17.2. The fourth-order valence-corrected chi connectivity index (χ4v) is 8.39. The number of ether oxygens (including phenoxy) is 1. The van der Waals surface area contributed by atoms with Crippen molar-refractivity contribution < 1.29 is 95.5 Å². The zero-order chi connectivity index (χ0) is 42.9. The predicted molar refractivity (Wildman–Crippen MR) is 190 cm³/mol. The van der Waals surface area contributed by atoms with Crippen LogP contribution in [0.4, 0.5) is 5.82 Å². The zero-order valence-corrected chi connectivity index (χ0v) is 33.4. The lowest BCUT2D eigenvalue weighted by atomic mass is 9.87. The van der Waals surface area contributed by atoms with Crippen LogP contribution < -0.4 is 16.4 Å². The molecule has 3 heterocycles. The SMILES string of the molecule is CC(C)(COP(=O)(O)OP(=O)(O)OC[C@H]1O[C@@H](n2cnc3c(N)ncnc32)[C@H](O)[C@@H]1OP(=O)(O)O)C(O)C(=O)NCCC(=O)NCCSC(=O)CC(O)CC(=O)O. The molecule has 0 aromatic carbocycles. The van der Waals surface area contributed by atoms with Gasteiger partial charge in [-0.2, -0.15) is 4.31 Å². The molecule has 322 valence electrons. The molecule has 0 saturated carbocycles. The van der Waals surface area contributed by atoms with E-state index in [4.69, 9.17) is 24.6 Å². The first-order valence-electron chi connectivity index (χ1n) is 16.3. The Hall–Kier alpha value is -3.01. The third kappa shape index (κ3) is 15.3. The summed E-state index contributed by atoms with van der Waals surface area (Å²) in [6.45, 7) is 0.0945. The number of imidazole rings is 1. The molecular weight excluding hydrogens is 855 g/mol. The molecular formula is C26H42N7O20P3S. The van der Waals surface area contributed by atoms with E-state index in [9.17, 15) is 67.8 Å². The van der Waals surface area contributed by atoms with E-state index in [1.165, 1.54) is 13.8 Å². The van der Waals surface area contributed by atoms with Crippen molar-refractivity contribution in [2.24, 2.45) is 5.41 Å². The lowest BCUT2D eigenvalue weighted by Crippen LogP contribution is -2.46. The second kappa shape index (κ2) is 20.3. The van der Waals surface area contributed by atoms with Gasteiger partial charge in [0.15, 0.2) is 22.8 Å². The maximum Gasteiger partial charge on any atom is 0.481 e. The van der Waals surface area contributed by atoms with Crippen molar-refractivity contribution in [3.8, 4) is 0 Å². The summed E-state index contributed by atoms with van der Waals surface area (Å²) in [5.74, 6) is -2.79. The van der Waals surface area contributed by atoms with Crippen LogP contribution in [0.15, 0.2) is 12.7 Å².